The first-order chi connectivity index (χ1) is 11.3. The zero-order chi connectivity index (χ0) is 16.1. The molecule has 0 bridgehead atoms. The van der Waals surface area contributed by atoms with E-state index in [9.17, 15) is 0 Å². The Bertz CT molecular complexity index is 615. The Kier molecular flexibility index (Phi) is 7.02. The average molecular weight is 353 g/mol. The SMILES string of the molecule is COc1ccc(-c2noc(CN3CCCC(CCN)C3)n2)cc1.Cl. The van der Waals surface area contributed by atoms with Crippen molar-refractivity contribution in [3.63, 3.8) is 0 Å². The standard InChI is InChI=1S/C17H24N4O2.ClH/c1-22-15-6-4-14(5-7-15)17-19-16(23-20-17)12-21-10-2-3-13(11-21)8-9-18;/h4-7,13H,2-3,8-12,18H2,1H3;1H. The zero-order valence-electron chi connectivity index (χ0n) is 14.0. The van der Waals surface area contributed by atoms with Crippen LogP contribution in [-0.2, 0) is 6.54 Å². The molecule has 1 aliphatic rings. The maximum absolute atomic E-state index is 5.68. The average Bonchev–Trinajstić information content (AvgIpc) is 3.04. The number of rotatable bonds is 6. The van der Waals surface area contributed by atoms with Crippen LogP contribution < -0.4 is 10.5 Å². The van der Waals surface area contributed by atoms with Gasteiger partial charge in [0.25, 0.3) is 0 Å². The summed E-state index contributed by atoms with van der Waals surface area (Å²) in [4.78, 5) is 6.90. The lowest BCUT2D eigenvalue weighted by Gasteiger charge is -2.31. The van der Waals surface area contributed by atoms with Crippen LogP contribution in [-0.4, -0.2) is 41.8 Å². The van der Waals surface area contributed by atoms with Gasteiger partial charge in [-0.15, -0.1) is 12.4 Å². The van der Waals surface area contributed by atoms with Crippen molar-refractivity contribution in [2.45, 2.75) is 25.8 Å². The first kappa shape index (κ1) is 18.7. The predicted octanol–water partition coefficient (Wildman–Crippen LogP) is 2.73. The Balaban J connectivity index is 0.00000208. The molecule has 0 amide bonds. The van der Waals surface area contributed by atoms with Crippen molar-refractivity contribution in [2.75, 3.05) is 26.7 Å². The molecule has 0 saturated carbocycles. The van der Waals surface area contributed by atoms with Gasteiger partial charge >= 0.3 is 0 Å². The molecule has 1 fully saturated rings. The Hall–Kier alpha value is -1.63. The molecule has 24 heavy (non-hydrogen) atoms. The lowest BCUT2D eigenvalue weighted by Crippen LogP contribution is -2.35. The molecule has 1 atom stereocenters. The van der Waals surface area contributed by atoms with Gasteiger partial charge in [0.2, 0.25) is 11.7 Å². The maximum Gasteiger partial charge on any atom is 0.241 e. The van der Waals surface area contributed by atoms with Gasteiger partial charge in [0.05, 0.1) is 13.7 Å². The van der Waals surface area contributed by atoms with Crippen molar-refractivity contribution < 1.29 is 9.26 Å². The van der Waals surface area contributed by atoms with Gasteiger partial charge in [-0.2, -0.15) is 4.98 Å². The normalized spacial score (nSPS) is 18.2. The topological polar surface area (TPSA) is 77.4 Å². The smallest absolute Gasteiger partial charge is 0.241 e. The second-order valence-corrected chi connectivity index (χ2v) is 6.06. The second-order valence-electron chi connectivity index (χ2n) is 6.06. The molecule has 2 N–H and O–H groups in total. The molecule has 0 spiro atoms. The molecule has 7 heteroatoms. The fourth-order valence-corrected chi connectivity index (χ4v) is 3.13. The summed E-state index contributed by atoms with van der Waals surface area (Å²) in [5.41, 5.74) is 6.61. The van der Waals surface area contributed by atoms with E-state index in [0.29, 0.717) is 24.2 Å². The monoisotopic (exact) mass is 352 g/mol. The van der Waals surface area contributed by atoms with Crippen LogP contribution in [0.2, 0.25) is 0 Å². The molecule has 1 unspecified atom stereocenters. The molecule has 0 aliphatic carbocycles. The fraction of sp³-hybridized carbons (Fsp3) is 0.529. The number of nitrogens with two attached hydrogens (primary N) is 1. The van der Waals surface area contributed by atoms with Gasteiger partial charge in [-0.3, -0.25) is 4.90 Å². The molecule has 6 nitrogen and oxygen atoms in total. The van der Waals surface area contributed by atoms with E-state index in [1.165, 1.54) is 12.8 Å². The summed E-state index contributed by atoms with van der Waals surface area (Å²) < 4.78 is 10.6. The summed E-state index contributed by atoms with van der Waals surface area (Å²) in [6, 6.07) is 7.66. The number of hydrogen-bond donors (Lipinski definition) is 1. The number of benzene rings is 1. The summed E-state index contributed by atoms with van der Waals surface area (Å²) in [7, 11) is 1.65. The van der Waals surface area contributed by atoms with Gasteiger partial charge in [-0.25, -0.2) is 0 Å². The van der Waals surface area contributed by atoms with E-state index in [4.69, 9.17) is 15.0 Å². The third kappa shape index (κ3) is 4.69. The van der Waals surface area contributed by atoms with E-state index in [0.717, 1.165) is 37.4 Å². The molecule has 132 valence electrons. The molecule has 1 aromatic heterocycles. The van der Waals surface area contributed by atoms with E-state index in [-0.39, 0.29) is 12.4 Å². The summed E-state index contributed by atoms with van der Waals surface area (Å²) >= 11 is 0. The Morgan fingerprint density at radius 3 is 2.83 bits per heavy atom. The molecule has 1 saturated heterocycles. The molecule has 3 rings (SSSR count). The molecule has 2 aromatic rings. The van der Waals surface area contributed by atoms with Crippen LogP contribution in [0.25, 0.3) is 11.4 Å². The number of methoxy groups -OCH3 is 1. The molecule has 2 heterocycles. The summed E-state index contributed by atoms with van der Waals surface area (Å²) in [5.74, 6) is 2.80. The number of aromatic nitrogens is 2. The van der Waals surface area contributed by atoms with Crippen molar-refractivity contribution in [3.05, 3.63) is 30.2 Å². The molecular weight excluding hydrogens is 328 g/mol. The van der Waals surface area contributed by atoms with Gasteiger partial charge in [0, 0.05) is 12.1 Å². The van der Waals surface area contributed by atoms with E-state index in [1.807, 2.05) is 24.3 Å². The van der Waals surface area contributed by atoms with Crippen LogP contribution in [0.4, 0.5) is 0 Å². The first-order valence-corrected chi connectivity index (χ1v) is 8.18. The summed E-state index contributed by atoms with van der Waals surface area (Å²) in [5, 5.41) is 4.09. The van der Waals surface area contributed by atoms with E-state index < -0.39 is 0 Å². The Morgan fingerprint density at radius 1 is 1.33 bits per heavy atom. The number of likely N-dealkylation sites (tertiary alicyclic amines) is 1. The highest BCUT2D eigenvalue weighted by Crippen LogP contribution is 2.22. The highest BCUT2D eigenvalue weighted by Gasteiger charge is 2.21. The number of ether oxygens (including phenoxy) is 1. The van der Waals surface area contributed by atoms with Crippen LogP contribution in [0.3, 0.4) is 0 Å². The third-order valence-electron chi connectivity index (χ3n) is 4.35. The molecule has 0 radical (unpaired) electrons. The minimum atomic E-state index is 0. The minimum Gasteiger partial charge on any atom is -0.497 e. The lowest BCUT2D eigenvalue weighted by molar-refractivity contribution is 0.146. The Morgan fingerprint density at radius 2 is 2.12 bits per heavy atom. The third-order valence-corrected chi connectivity index (χ3v) is 4.35. The van der Waals surface area contributed by atoms with Crippen LogP contribution >= 0.6 is 12.4 Å². The van der Waals surface area contributed by atoms with Crippen molar-refractivity contribution in [1.82, 2.24) is 15.0 Å². The maximum atomic E-state index is 5.68. The van der Waals surface area contributed by atoms with Crippen LogP contribution in [0, 0.1) is 5.92 Å². The molecular formula is C17H25ClN4O2. The molecule has 1 aliphatic heterocycles. The van der Waals surface area contributed by atoms with Crippen molar-refractivity contribution in [3.8, 4) is 17.1 Å². The van der Waals surface area contributed by atoms with Crippen LogP contribution in [0.15, 0.2) is 28.8 Å². The van der Waals surface area contributed by atoms with Crippen LogP contribution in [0.5, 0.6) is 5.75 Å². The second kappa shape index (κ2) is 9.01. The first-order valence-electron chi connectivity index (χ1n) is 8.18. The number of piperidine rings is 1. The minimum absolute atomic E-state index is 0. The van der Waals surface area contributed by atoms with Gasteiger partial charge in [-0.1, -0.05) is 5.16 Å². The van der Waals surface area contributed by atoms with Crippen molar-refractivity contribution in [2.24, 2.45) is 11.7 Å². The van der Waals surface area contributed by atoms with E-state index in [2.05, 4.69) is 15.0 Å². The number of hydrogen-bond acceptors (Lipinski definition) is 6. The van der Waals surface area contributed by atoms with Gasteiger partial charge in [0.15, 0.2) is 0 Å². The highest BCUT2D eigenvalue weighted by atomic mass is 35.5. The largest absolute Gasteiger partial charge is 0.497 e. The predicted molar refractivity (Wildman–Crippen MR) is 95.2 cm³/mol. The number of nitrogens with zero attached hydrogens (tertiary/aromatic N) is 3. The van der Waals surface area contributed by atoms with Gasteiger partial charge in [-0.05, 0) is 62.5 Å². The summed E-state index contributed by atoms with van der Waals surface area (Å²) in [6.07, 6.45) is 3.58. The van der Waals surface area contributed by atoms with Gasteiger partial charge in [0.1, 0.15) is 5.75 Å². The van der Waals surface area contributed by atoms with E-state index >= 15 is 0 Å². The molecule has 1 aromatic carbocycles. The van der Waals surface area contributed by atoms with Gasteiger partial charge < -0.3 is 15.0 Å². The lowest BCUT2D eigenvalue weighted by atomic mass is 9.95. The Labute approximate surface area is 148 Å². The highest BCUT2D eigenvalue weighted by molar-refractivity contribution is 5.85. The van der Waals surface area contributed by atoms with Crippen molar-refractivity contribution in [1.29, 1.82) is 0 Å². The van der Waals surface area contributed by atoms with Crippen molar-refractivity contribution >= 4 is 12.4 Å². The fourth-order valence-electron chi connectivity index (χ4n) is 3.13. The van der Waals surface area contributed by atoms with E-state index in [1.54, 1.807) is 7.11 Å². The number of halogens is 1. The van der Waals surface area contributed by atoms with Crippen LogP contribution in [0.1, 0.15) is 25.2 Å². The zero-order valence-corrected chi connectivity index (χ0v) is 14.8. The quantitative estimate of drug-likeness (QED) is 0.861. The summed E-state index contributed by atoms with van der Waals surface area (Å²) in [6.45, 7) is 3.63.